The van der Waals surface area contributed by atoms with Crippen LogP contribution in [0.1, 0.15) is 36.3 Å². The molecule has 2 saturated heterocycles. The number of phenols is 1. The van der Waals surface area contributed by atoms with Crippen molar-refractivity contribution in [3.63, 3.8) is 0 Å². The van der Waals surface area contributed by atoms with Crippen molar-refractivity contribution in [3.05, 3.63) is 29.3 Å². The summed E-state index contributed by atoms with van der Waals surface area (Å²) in [7, 11) is 2.30. The van der Waals surface area contributed by atoms with Crippen LogP contribution in [-0.4, -0.2) is 29.1 Å². The van der Waals surface area contributed by atoms with Gasteiger partial charge in [-0.05, 0) is 67.8 Å². The Kier molecular flexibility index (Phi) is 1.91. The van der Waals surface area contributed by atoms with Gasteiger partial charge in [0.25, 0.3) is 0 Å². The summed E-state index contributed by atoms with van der Waals surface area (Å²) in [5.41, 5.74) is 2.93. The van der Waals surface area contributed by atoms with Crippen LogP contribution in [0.15, 0.2) is 18.2 Å². The Morgan fingerprint density at radius 3 is 3.06 bits per heavy atom. The fraction of sp³-hybridized carbons (Fsp3) is 0.600. The molecule has 1 aromatic carbocycles. The Labute approximate surface area is 102 Å². The van der Waals surface area contributed by atoms with Crippen molar-refractivity contribution in [2.24, 2.45) is 5.92 Å². The molecule has 90 valence electrons. The fourth-order valence-electron chi connectivity index (χ4n) is 4.58. The van der Waals surface area contributed by atoms with Crippen LogP contribution >= 0.6 is 0 Å². The monoisotopic (exact) mass is 229 g/mol. The third-order valence-corrected chi connectivity index (χ3v) is 5.42. The SMILES string of the molecule is CN1C2CCC1[C@H]1Cc3ccc(O)cc3[C@H]1C2. The summed E-state index contributed by atoms with van der Waals surface area (Å²) in [6.07, 6.45) is 5.28. The number of rotatable bonds is 0. The maximum atomic E-state index is 9.68. The number of benzene rings is 1. The van der Waals surface area contributed by atoms with E-state index in [1.807, 2.05) is 12.1 Å². The van der Waals surface area contributed by atoms with Crippen LogP contribution in [0.25, 0.3) is 0 Å². The molecule has 2 aliphatic heterocycles. The first-order chi connectivity index (χ1) is 8.24. The number of aromatic hydroxyl groups is 1. The second kappa shape index (κ2) is 3.26. The molecule has 1 aliphatic carbocycles. The number of hydrogen-bond donors (Lipinski definition) is 1. The topological polar surface area (TPSA) is 23.5 Å². The van der Waals surface area contributed by atoms with Crippen LogP contribution < -0.4 is 0 Å². The van der Waals surface area contributed by atoms with E-state index in [0.29, 0.717) is 11.7 Å². The Morgan fingerprint density at radius 1 is 1.29 bits per heavy atom. The van der Waals surface area contributed by atoms with Crippen molar-refractivity contribution >= 4 is 0 Å². The highest BCUT2D eigenvalue weighted by Crippen LogP contribution is 2.52. The predicted octanol–water partition coefficient (Wildman–Crippen LogP) is 2.51. The summed E-state index contributed by atoms with van der Waals surface area (Å²) in [6.45, 7) is 0. The molecule has 2 nitrogen and oxygen atoms in total. The zero-order valence-corrected chi connectivity index (χ0v) is 10.3. The zero-order valence-electron chi connectivity index (χ0n) is 10.3. The maximum absolute atomic E-state index is 9.68. The van der Waals surface area contributed by atoms with Crippen molar-refractivity contribution in [1.29, 1.82) is 0 Å². The van der Waals surface area contributed by atoms with E-state index >= 15 is 0 Å². The van der Waals surface area contributed by atoms with Crippen LogP contribution in [0.3, 0.4) is 0 Å². The molecule has 2 fully saturated rings. The molecule has 0 spiro atoms. The van der Waals surface area contributed by atoms with Gasteiger partial charge >= 0.3 is 0 Å². The molecular formula is C15H19NO. The largest absolute Gasteiger partial charge is 0.508 e. The van der Waals surface area contributed by atoms with E-state index in [0.717, 1.165) is 18.0 Å². The van der Waals surface area contributed by atoms with Gasteiger partial charge in [0.05, 0.1) is 0 Å². The summed E-state index contributed by atoms with van der Waals surface area (Å²) in [6, 6.07) is 7.57. The summed E-state index contributed by atoms with van der Waals surface area (Å²) < 4.78 is 0. The van der Waals surface area contributed by atoms with Gasteiger partial charge in [-0.25, -0.2) is 0 Å². The van der Waals surface area contributed by atoms with E-state index in [4.69, 9.17) is 0 Å². The van der Waals surface area contributed by atoms with E-state index < -0.39 is 0 Å². The molecule has 1 aromatic rings. The van der Waals surface area contributed by atoms with Gasteiger partial charge in [-0.3, -0.25) is 0 Å². The molecule has 4 rings (SSSR count). The third kappa shape index (κ3) is 1.25. The van der Waals surface area contributed by atoms with Crippen LogP contribution in [-0.2, 0) is 6.42 Å². The van der Waals surface area contributed by atoms with Gasteiger partial charge in [-0.2, -0.15) is 0 Å². The minimum atomic E-state index is 0.440. The molecular weight excluding hydrogens is 210 g/mol. The van der Waals surface area contributed by atoms with Crippen LogP contribution in [0, 0.1) is 5.92 Å². The molecule has 0 aromatic heterocycles. The molecule has 1 N–H and O–H groups in total. The second-order valence-corrected chi connectivity index (χ2v) is 6.06. The van der Waals surface area contributed by atoms with Crippen molar-refractivity contribution in [2.45, 2.75) is 43.7 Å². The third-order valence-electron chi connectivity index (χ3n) is 5.42. The number of phenolic OH excluding ortho intramolecular Hbond substituents is 1. The summed E-state index contributed by atoms with van der Waals surface area (Å²) in [5.74, 6) is 1.96. The average Bonchev–Trinajstić information content (AvgIpc) is 2.77. The number of hydrogen-bond acceptors (Lipinski definition) is 2. The Bertz CT molecular complexity index is 470. The first kappa shape index (κ1) is 9.95. The van der Waals surface area contributed by atoms with Gasteiger partial charge in [-0.15, -0.1) is 0 Å². The van der Waals surface area contributed by atoms with Gasteiger partial charge in [0.15, 0.2) is 0 Å². The molecule has 2 unspecified atom stereocenters. The number of nitrogens with zero attached hydrogens (tertiary/aromatic N) is 1. The van der Waals surface area contributed by atoms with Crippen molar-refractivity contribution < 1.29 is 5.11 Å². The van der Waals surface area contributed by atoms with Crippen molar-refractivity contribution in [2.75, 3.05) is 7.05 Å². The van der Waals surface area contributed by atoms with E-state index in [-0.39, 0.29) is 0 Å². The Hall–Kier alpha value is -1.02. The Morgan fingerprint density at radius 2 is 2.18 bits per heavy atom. The summed E-state index contributed by atoms with van der Waals surface area (Å²) >= 11 is 0. The number of fused-ring (bicyclic) bond motifs is 6. The molecule has 0 saturated carbocycles. The first-order valence-corrected chi connectivity index (χ1v) is 6.78. The van der Waals surface area contributed by atoms with Gasteiger partial charge in [0, 0.05) is 12.1 Å². The molecule has 2 heterocycles. The second-order valence-electron chi connectivity index (χ2n) is 6.06. The molecule has 2 heteroatoms. The standard InChI is InChI=1S/C15H19NO/c1-16-10-3-5-15(16)14-6-9-2-4-11(17)8-12(9)13(14)7-10/h2,4,8,10,13-15,17H,3,5-7H2,1H3/t10?,13-,14+,15?/m1/s1. The molecule has 4 atom stereocenters. The van der Waals surface area contributed by atoms with Gasteiger partial charge < -0.3 is 10.0 Å². The van der Waals surface area contributed by atoms with Crippen LogP contribution in [0.4, 0.5) is 0 Å². The number of piperidine rings is 1. The highest BCUT2D eigenvalue weighted by atomic mass is 16.3. The predicted molar refractivity (Wildman–Crippen MR) is 67.2 cm³/mol. The smallest absolute Gasteiger partial charge is 0.115 e. The van der Waals surface area contributed by atoms with Gasteiger partial charge in [-0.1, -0.05) is 6.07 Å². The molecule has 0 radical (unpaired) electrons. The zero-order chi connectivity index (χ0) is 11.6. The quantitative estimate of drug-likeness (QED) is 0.739. The molecule has 3 aliphatic rings. The van der Waals surface area contributed by atoms with E-state index in [1.54, 1.807) is 0 Å². The van der Waals surface area contributed by atoms with E-state index in [1.165, 1.54) is 36.8 Å². The highest BCUT2D eigenvalue weighted by molar-refractivity contribution is 5.43. The summed E-state index contributed by atoms with van der Waals surface area (Å²) in [5, 5.41) is 9.68. The summed E-state index contributed by atoms with van der Waals surface area (Å²) in [4.78, 5) is 2.62. The average molecular weight is 229 g/mol. The van der Waals surface area contributed by atoms with Crippen molar-refractivity contribution in [3.8, 4) is 5.75 Å². The van der Waals surface area contributed by atoms with E-state index in [2.05, 4.69) is 18.0 Å². The molecule has 17 heavy (non-hydrogen) atoms. The fourth-order valence-corrected chi connectivity index (χ4v) is 4.58. The maximum Gasteiger partial charge on any atom is 0.115 e. The van der Waals surface area contributed by atoms with Crippen LogP contribution in [0.2, 0.25) is 0 Å². The lowest BCUT2D eigenvalue weighted by atomic mass is 9.81. The van der Waals surface area contributed by atoms with Gasteiger partial charge in [0.1, 0.15) is 5.75 Å². The lowest BCUT2D eigenvalue weighted by molar-refractivity contribution is 0.109. The normalized spacial score (nSPS) is 39.1. The Balaban J connectivity index is 1.77. The van der Waals surface area contributed by atoms with Crippen LogP contribution in [0.5, 0.6) is 5.75 Å². The van der Waals surface area contributed by atoms with Gasteiger partial charge in [0.2, 0.25) is 0 Å². The lowest BCUT2D eigenvalue weighted by Crippen LogP contribution is -2.44. The first-order valence-electron chi connectivity index (χ1n) is 6.78. The molecule has 0 amide bonds. The minimum Gasteiger partial charge on any atom is -0.508 e. The lowest BCUT2D eigenvalue weighted by Gasteiger charge is -2.40. The van der Waals surface area contributed by atoms with Crippen molar-refractivity contribution in [1.82, 2.24) is 4.90 Å². The van der Waals surface area contributed by atoms with E-state index in [9.17, 15) is 5.11 Å². The minimum absolute atomic E-state index is 0.440. The highest BCUT2D eigenvalue weighted by Gasteiger charge is 2.48. The molecule has 2 bridgehead atoms.